The number of aromatic nitrogens is 3. The molecule has 0 aliphatic rings. The fourth-order valence-electron chi connectivity index (χ4n) is 2.64. The summed E-state index contributed by atoms with van der Waals surface area (Å²) in [5, 5.41) is 10.9. The molecule has 0 spiro atoms. The number of methoxy groups -OCH3 is 1. The van der Waals surface area contributed by atoms with Crippen molar-refractivity contribution in [2.24, 2.45) is 4.99 Å². The van der Waals surface area contributed by atoms with Crippen molar-refractivity contribution in [3.63, 3.8) is 0 Å². The average Bonchev–Trinajstić information content (AvgIpc) is 3.26. The summed E-state index contributed by atoms with van der Waals surface area (Å²) < 4.78 is 6.99. The largest absolute Gasteiger partial charge is 0.481 e. The lowest BCUT2D eigenvalue weighted by molar-refractivity contribution is 0.397. The lowest BCUT2D eigenvalue weighted by Gasteiger charge is -2.12. The predicted octanol–water partition coefficient (Wildman–Crippen LogP) is 2.18. The molecule has 0 fully saturated rings. The molecule has 0 saturated heterocycles. The predicted molar refractivity (Wildman–Crippen MR) is 106 cm³/mol. The van der Waals surface area contributed by atoms with Crippen LogP contribution in [0, 0.1) is 0 Å². The molecule has 1 aromatic carbocycles. The number of guanidine groups is 1. The van der Waals surface area contributed by atoms with Crippen molar-refractivity contribution in [1.29, 1.82) is 0 Å². The maximum Gasteiger partial charge on any atom is 0.213 e. The summed E-state index contributed by atoms with van der Waals surface area (Å²) in [4.78, 5) is 8.37. The van der Waals surface area contributed by atoms with E-state index in [1.165, 1.54) is 5.56 Å². The number of ether oxygens (including phenoxy) is 1. The van der Waals surface area contributed by atoms with Gasteiger partial charge in [0, 0.05) is 44.8 Å². The van der Waals surface area contributed by atoms with Crippen molar-refractivity contribution in [2.45, 2.75) is 13.0 Å². The Bertz CT molecular complexity index is 858. The standard InChI is InChI=1S/C20H24N6O/c1-21-20(24-15-17-9-11-22-19(14-17)27-2)23-12-8-16-4-6-18(7-5-16)26-13-3-10-25-26/h3-7,9-11,13-14H,8,12,15H2,1-2H3,(H2,21,23,24). The van der Waals surface area contributed by atoms with Crippen LogP contribution in [-0.4, -0.2) is 41.4 Å². The molecule has 2 aromatic heterocycles. The van der Waals surface area contributed by atoms with Crippen molar-refractivity contribution in [2.75, 3.05) is 20.7 Å². The lowest BCUT2D eigenvalue weighted by Crippen LogP contribution is -2.37. The van der Waals surface area contributed by atoms with Gasteiger partial charge < -0.3 is 15.4 Å². The third-order valence-electron chi connectivity index (χ3n) is 4.10. The quantitative estimate of drug-likeness (QED) is 0.496. The monoisotopic (exact) mass is 364 g/mol. The number of rotatable bonds is 7. The Morgan fingerprint density at radius 1 is 1.11 bits per heavy atom. The Hall–Kier alpha value is -3.35. The molecule has 0 unspecified atom stereocenters. The first-order chi connectivity index (χ1) is 13.3. The Balaban J connectivity index is 1.45. The highest BCUT2D eigenvalue weighted by Gasteiger charge is 2.01. The van der Waals surface area contributed by atoms with E-state index in [1.54, 1.807) is 26.6 Å². The summed E-state index contributed by atoms with van der Waals surface area (Å²) in [6.45, 7) is 1.44. The van der Waals surface area contributed by atoms with Crippen LogP contribution >= 0.6 is 0 Å². The minimum atomic E-state index is 0.607. The zero-order valence-corrected chi connectivity index (χ0v) is 15.6. The van der Waals surface area contributed by atoms with E-state index >= 15 is 0 Å². The molecule has 0 amide bonds. The first kappa shape index (κ1) is 18.4. The van der Waals surface area contributed by atoms with Gasteiger partial charge in [0.25, 0.3) is 0 Å². The molecule has 0 aliphatic carbocycles. The number of aliphatic imine (C=N–C) groups is 1. The van der Waals surface area contributed by atoms with Gasteiger partial charge in [0.2, 0.25) is 5.88 Å². The second-order valence-corrected chi connectivity index (χ2v) is 5.93. The molecule has 7 nitrogen and oxygen atoms in total. The van der Waals surface area contributed by atoms with Crippen LogP contribution in [-0.2, 0) is 13.0 Å². The fraction of sp³-hybridized carbons (Fsp3) is 0.250. The average molecular weight is 364 g/mol. The van der Waals surface area contributed by atoms with Crippen LogP contribution in [0.1, 0.15) is 11.1 Å². The Kier molecular flexibility index (Phi) is 6.40. The minimum absolute atomic E-state index is 0.607. The van der Waals surface area contributed by atoms with Crippen LogP contribution < -0.4 is 15.4 Å². The minimum Gasteiger partial charge on any atom is -0.481 e. The molecule has 2 N–H and O–H groups in total. The number of benzene rings is 1. The summed E-state index contributed by atoms with van der Waals surface area (Å²) >= 11 is 0. The van der Waals surface area contributed by atoms with Gasteiger partial charge in [0.05, 0.1) is 12.8 Å². The van der Waals surface area contributed by atoms with E-state index in [0.717, 1.165) is 30.2 Å². The maximum absolute atomic E-state index is 5.14. The smallest absolute Gasteiger partial charge is 0.213 e. The van der Waals surface area contributed by atoms with Gasteiger partial charge in [-0.2, -0.15) is 5.10 Å². The van der Waals surface area contributed by atoms with Crippen LogP contribution in [0.5, 0.6) is 5.88 Å². The summed E-state index contributed by atoms with van der Waals surface area (Å²) in [6, 6.07) is 14.2. The molecule has 0 aliphatic heterocycles. The zero-order chi connectivity index (χ0) is 18.9. The van der Waals surface area contributed by atoms with Gasteiger partial charge in [0.1, 0.15) is 0 Å². The molecule has 2 heterocycles. The molecule has 7 heteroatoms. The molecule has 0 atom stereocenters. The molecule has 140 valence electrons. The van der Waals surface area contributed by atoms with Crippen LogP contribution in [0.15, 0.2) is 66.0 Å². The second kappa shape index (κ2) is 9.38. The van der Waals surface area contributed by atoms with Crippen LogP contribution in [0.4, 0.5) is 0 Å². The van der Waals surface area contributed by atoms with Crippen LogP contribution in [0.3, 0.4) is 0 Å². The molecule has 0 radical (unpaired) electrons. The van der Waals surface area contributed by atoms with Gasteiger partial charge >= 0.3 is 0 Å². The van der Waals surface area contributed by atoms with E-state index in [2.05, 4.69) is 50.0 Å². The van der Waals surface area contributed by atoms with Crippen molar-refractivity contribution >= 4 is 5.96 Å². The van der Waals surface area contributed by atoms with Gasteiger partial charge in [-0.05, 0) is 41.8 Å². The number of pyridine rings is 1. The van der Waals surface area contributed by atoms with E-state index in [9.17, 15) is 0 Å². The normalized spacial score (nSPS) is 11.3. The SMILES string of the molecule is CN=C(NCCc1ccc(-n2cccn2)cc1)NCc1ccnc(OC)c1. The Morgan fingerprint density at radius 2 is 1.96 bits per heavy atom. The molecule has 27 heavy (non-hydrogen) atoms. The lowest BCUT2D eigenvalue weighted by atomic mass is 10.1. The van der Waals surface area contributed by atoms with E-state index in [4.69, 9.17) is 4.74 Å². The van der Waals surface area contributed by atoms with Crippen LogP contribution in [0.25, 0.3) is 5.69 Å². The number of hydrogen-bond donors (Lipinski definition) is 2. The number of nitrogens with one attached hydrogen (secondary N) is 2. The Labute approximate surface area is 159 Å². The van der Waals surface area contributed by atoms with E-state index in [-0.39, 0.29) is 0 Å². The van der Waals surface area contributed by atoms with Crippen molar-refractivity contribution in [1.82, 2.24) is 25.4 Å². The van der Waals surface area contributed by atoms with Gasteiger partial charge in [0.15, 0.2) is 5.96 Å². The highest BCUT2D eigenvalue weighted by atomic mass is 16.5. The number of nitrogens with zero attached hydrogens (tertiary/aromatic N) is 4. The van der Waals surface area contributed by atoms with E-state index in [1.807, 2.05) is 29.1 Å². The Morgan fingerprint density at radius 3 is 2.67 bits per heavy atom. The van der Waals surface area contributed by atoms with E-state index < -0.39 is 0 Å². The fourth-order valence-corrected chi connectivity index (χ4v) is 2.64. The molecular formula is C20H24N6O. The molecular weight excluding hydrogens is 340 g/mol. The van der Waals surface area contributed by atoms with Crippen LogP contribution in [0.2, 0.25) is 0 Å². The van der Waals surface area contributed by atoms with Gasteiger partial charge in [-0.1, -0.05) is 12.1 Å². The highest BCUT2D eigenvalue weighted by molar-refractivity contribution is 5.79. The highest BCUT2D eigenvalue weighted by Crippen LogP contribution is 2.09. The third kappa shape index (κ3) is 5.31. The second-order valence-electron chi connectivity index (χ2n) is 5.93. The molecule has 0 bridgehead atoms. The first-order valence-corrected chi connectivity index (χ1v) is 8.81. The molecule has 3 aromatic rings. The van der Waals surface area contributed by atoms with Gasteiger partial charge in [-0.3, -0.25) is 4.99 Å². The van der Waals surface area contributed by atoms with E-state index in [0.29, 0.717) is 12.4 Å². The maximum atomic E-state index is 5.14. The number of hydrogen-bond acceptors (Lipinski definition) is 4. The van der Waals surface area contributed by atoms with Crippen molar-refractivity contribution in [3.05, 3.63) is 72.2 Å². The zero-order valence-electron chi connectivity index (χ0n) is 15.6. The summed E-state index contributed by atoms with van der Waals surface area (Å²) in [6.07, 6.45) is 6.35. The molecule has 3 rings (SSSR count). The summed E-state index contributed by atoms with van der Waals surface area (Å²) in [5.74, 6) is 1.37. The summed E-state index contributed by atoms with van der Waals surface area (Å²) in [5.41, 5.74) is 3.40. The van der Waals surface area contributed by atoms with Crippen molar-refractivity contribution in [3.8, 4) is 11.6 Å². The topological polar surface area (TPSA) is 76.4 Å². The first-order valence-electron chi connectivity index (χ1n) is 8.81. The van der Waals surface area contributed by atoms with Gasteiger partial charge in [-0.25, -0.2) is 9.67 Å². The summed E-state index contributed by atoms with van der Waals surface area (Å²) in [7, 11) is 3.38. The molecule has 0 saturated carbocycles. The van der Waals surface area contributed by atoms with Crippen molar-refractivity contribution < 1.29 is 4.74 Å². The third-order valence-corrected chi connectivity index (χ3v) is 4.10. The van der Waals surface area contributed by atoms with Gasteiger partial charge in [-0.15, -0.1) is 0 Å².